The summed E-state index contributed by atoms with van der Waals surface area (Å²) < 4.78 is 41.3. The van der Waals surface area contributed by atoms with Crippen LogP contribution in [-0.4, -0.2) is 92.1 Å². The number of aryl methyl sites for hydroxylation is 1. The normalized spacial score (nSPS) is 21.3. The molecule has 3 aliphatic rings. The summed E-state index contributed by atoms with van der Waals surface area (Å²) in [6.45, 7) is 3.15. The zero-order valence-electron chi connectivity index (χ0n) is 33.4. The van der Waals surface area contributed by atoms with Crippen LogP contribution in [0.15, 0.2) is 67.0 Å². The van der Waals surface area contributed by atoms with Gasteiger partial charge in [-0.05, 0) is 47.1 Å². The lowest BCUT2D eigenvalue weighted by molar-refractivity contribution is -0.136. The molecule has 60 heavy (non-hydrogen) atoms. The number of Topliss-reactive ketones (excluding diaryl/α,β-unsaturated/α-hetero) is 1. The summed E-state index contributed by atoms with van der Waals surface area (Å²) in [6, 6.07) is 15.0. The number of alkyl halides is 2. The Morgan fingerprint density at radius 3 is 2.27 bits per heavy atom. The second-order valence-corrected chi connectivity index (χ2v) is 16.4. The summed E-state index contributed by atoms with van der Waals surface area (Å²) in [5, 5.41) is 5.49. The van der Waals surface area contributed by atoms with Gasteiger partial charge in [-0.15, -0.1) is 0 Å². The molecule has 4 N–H and O–H groups in total. The quantitative estimate of drug-likeness (QED) is 0.119. The Bertz CT molecular complexity index is 2430. The van der Waals surface area contributed by atoms with E-state index in [1.54, 1.807) is 20.0 Å². The largest absolute Gasteiger partial charge is 0.453 e. The van der Waals surface area contributed by atoms with Gasteiger partial charge in [-0.1, -0.05) is 74.0 Å². The fraction of sp³-hybridized carbons (Fsp3) is 0.395. The van der Waals surface area contributed by atoms with Gasteiger partial charge in [-0.2, -0.15) is 0 Å². The number of halogens is 3. The van der Waals surface area contributed by atoms with Crippen molar-refractivity contribution in [3.05, 3.63) is 95.1 Å². The predicted molar refractivity (Wildman–Crippen MR) is 217 cm³/mol. The first-order valence-corrected chi connectivity index (χ1v) is 20.2. The zero-order valence-corrected chi connectivity index (χ0v) is 34.2. The molecule has 1 unspecified atom stereocenters. The number of imidazole rings is 2. The number of likely N-dealkylation sites (tertiary alicyclic amines) is 1. The molecule has 0 radical (unpaired) electrons. The standard InChI is InChI=1S/C43H45ClF2N8O6/c1-22(2)34(51-42(58)60-4)40(56)54-21-43(45,46)18-31(54)39-50-35(37(44)52-39)26-11-7-24(8-12-26)23-5-9-25(10-6-23)30-19-47-38(48-30)28-17-32(55)33-29(49-41(57)59-3)14-13-27-15-16-53(20-28)36(27)33/h5-12,15-16,19,22,28-29,31,33-34H,13-14,17-18,20-21H2,1-4H3,(H,47,48)(H,49,57)(H,50,52)(H,51,58)/t28-,29-,31-,33?,34-/m0/s1. The van der Waals surface area contributed by atoms with Gasteiger partial charge in [0, 0.05) is 48.8 Å². The number of amides is 3. The van der Waals surface area contributed by atoms with Gasteiger partial charge < -0.3 is 39.5 Å². The van der Waals surface area contributed by atoms with E-state index >= 15 is 0 Å². The molecule has 1 saturated heterocycles. The van der Waals surface area contributed by atoms with Gasteiger partial charge in [0.2, 0.25) is 5.91 Å². The number of nitrogens with zero attached hydrogens (tertiary/aromatic N) is 4. The third-order valence-electron chi connectivity index (χ3n) is 11.8. The van der Waals surface area contributed by atoms with Crippen LogP contribution >= 0.6 is 11.6 Å². The van der Waals surface area contributed by atoms with E-state index < -0.39 is 60.9 Å². The second kappa shape index (κ2) is 16.2. The molecule has 3 amide bonds. The first-order chi connectivity index (χ1) is 28.7. The van der Waals surface area contributed by atoms with Gasteiger partial charge in [0.15, 0.2) is 0 Å². The molecule has 14 nitrogen and oxygen atoms in total. The number of benzene rings is 2. The van der Waals surface area contributed by atoms with Crippen molar-refractivity contribution in [1.82, 2.24) is 40.0 Å². The van der Waals surface area contributed by atoms with E-state index in [4.69, 9.17) is 21.3 Å². The minimum atomic E-state index is -3.18. The minimum Gasteiger partial charge on any atom is -0.453 e. The SMILES string of the molecule is COC(=O)N[C@H]1CCc2ccn3c2C1C(=O)C[C@H](c1ncc(-c2ccc(-c4ccc(-c5nc([C@@H]6CC(F)(F)CN6C(=O)[C@@H](NC(=O)OC)C(C)C)[nH]c5Cl)cc4)cc2)[nH]1)C3. The van der Waals surface area contributed by atoms with Crippen molar-refractivity contribution in [2.45, 2.75) is 82.0 Å². The number of nitrogens with one attached hydrogen (secondary N) is 4. The first kappa shape index (κ1) is 40.7. The number of aromatic amines is 2. The van der Waals surface area contributed by atoms with Crippen molar-refractivity contribution >= 4 is 35.5 Å². The fourth-order valence-corrected chi connectivity index (χ4v) is 9.04. The van der Waals surface area contributed by atoms with Gasteiger partial charge in [-0.25, -0.2) is 28.3 Å². The molecule has 0 saturated carbocycles. The van der Waals surface area contributed by atoms with E-state index in [0.29, 0.717) is 30.0 Å². The Balaban J connectivity index is 0.958. The summed E-state index contributed by atoms with van der Waals surface area (Å²) >= 11 is 6.60. The number of ether oxygens (including phenoxy) is 2. The van der Waals surface area contributed by atoms with Crippen LogP contribution in [0.4, 0.5) is 18.4 Å². The van der Waals surface area contributed by atoms with E-state index in [1.165, 1.54) is 7.11 Å². The molecule has 3 aromatic heterocycles. The van der Waals surface area contributed by atoms with E-state index in [1.807, 2.05) is 54.7 Å². The van der Waals surface area contributed by atoms with Gasteiger partial charge in [-0.3, -0.25) is 9.59 Å². The lowest BCUT2D eigenvalue weighted by Crippen LogP contribution is -2.51. The Kier molecular flexibility index (Phi) is 11.0. The summed E-state index contributed by atoms with van der Waals surface area (Å²) in [7, 11) is 2.48. The number of ketones is 1. The first-order valence-electron chi connectivity index (χ1n) is 19.8. The fourth-order valence-electron chi connectivity index (χ4n) is 8.79. The number of hydrogen-bond acceptors (Lipinski definition) is 8. The van der Waals surface area contributed by atoms with E-state index in [-0.39, 0.29) is 35.1 Å². The van der Waals surface area contributed by atoms with Gasteiger partial charge >= 0.3 is 12.2 Å². The third kappa shape index (κ3) is 7.87. The lowest BCUT2D eigenvalue weighted by atomic mass is 9.79. The highest BCUT2D eigenvalue weighted by molar-refractivity contribution is 6.32. The average Bonchev–Trinajstić information content (AvgIpc) is 4.03. The highest BCUT2D eigenvalue weighted by Gasteiger charge is 2.50. The van der Waals surface area contributed by atoms with Crippen molar-refractivity contribution < 1.29 is 37.4 Å². The zero-order chi connectivity index (χ0) is 42.5. The van der Waals surface area contributed by atoms with E-state index in [9.17, 15) is 28.0 Å². The van der Waals surface area contributed by atoms with Crippen LogP contribution in [0.25, 0.3) is 33.6 Å². The predicted octanol–water partition coefficient (Wildman–Crippen LogP) is 7.39. The highest BCUT2D eigenvalue weighted by Crippen LogP contribution is 2.43. The number of aromatic nitrogens is 5. The third-order valence-corrected chi connectivity index (χ3v) is 12.1. The molecule has 2 aromatic carbocycles. The van der Waals surface area contributed by atoms with Gasteiger partial charge in [0.05, 0.1) is 44.6 Å². The van der Waals surface area contributed by atoms with Gasteiger partial charge in [0.1, 0.15) is 34.3 Å². The molecular weight excluding hydrogens is 798 g/mol. The second-order valence-electron chi connectivity index (χ2n) is 16.0. The molecule has 17 heteroatoms. The molecule has 5 atom stereocenters. The molecular formula is C43H45ClF2N8O6. The molecule has 5 heterocycles. The summed E-state index contributed by atoms with van der Waals surface area (Å²) in [4.78, 5) is 68.1. The van der Waals surface area contributed by atoms with Crippen LogP contribution in [0.1, 0.15) is 73.9 Å². The topological polar surface area (TPSA) is 176 Å². The van der Waals surface area contributed by atoms with E-state index in [2.05, 4.69) is 41.0 Å². The average molecular weight is 843 g/mol. The number of carbonyl (C=O) groups is 4. The Labute approximate surface area is 349 Å². The molecule has 5 aromatic rings. The molecule has 0 spiro atoms. The molecule has 8 rings (SSSR count). The van der Waals surface area contributed by atoms with Crippen molar-refractivity contribution in [2.24, 2.45) is 5.92 Å². The smallest absolute Gasteiger partial charge is 0.407 e. The number of H-pyrrole nitrogens is 2. The number of hydrogen-bond donors (Lipinski definition) is 4. The van der Waals surface area contributed by atoms with Crippen LogP contribution in [0.3, 0.4) is 0 Å². The van der Waals surface area contributed by atoms with Crippen LogP contribution in [0.5, 0.6) is 0 Å². The van der Waals surface area contributed by atoms with Crippen molar-refractivity contribution in [3.8, 4) is 33.6 Å². The van der Waals surface area contributed by atoms with Crippen LogP contribution in [0, 0.1) is 5.92 Å². The van der Waals surface area contributed by atoms with E-state index in [0.717, 1.165) is 52.1 Å². The molecule has 2 aliphatic heterocycles. The van der Waals surface area contributed by atoms with Crippen LogP contribution in [0.2, 0.25) is 5.15 Å². The number of alkyl carbamates (subject to hydrolysis) is 2. The molecule has 314 valence electrons. The molecule has 1 aliphatic carbocycles. The monoisotopic (exact) mass is 842 g/mol. The van der Waals surface area contributed by atoms with Crippen molar-refractivity contribution in [3.63, 3.8) is 0 Å². The summed E-state index contributed by atoms with van der Waals surface area (Å²) in [5.41, 5.74) is 6.68. The minimum absolute atomic E-state index is 0.0614. The molecule has 1 fully saturated rings. The Hall–Kier alpha value is -6.03. The summed E-state index contributed by atoms with van der Waals surface area (Å²) in [5.74, 6) is -3.98. The Morgan fingerprint density at radius 2 is 1.60 bits per heavy atom. The maximum absolute atomic E-state index is 14.9. The molecule has 0 bridgehead atoms. The Morgan fingerprint density at radius 1 is 0.933 bits per heavy atom. The number of carbonyl (C=O) groups excluding carboxylic acids is 4. The van der Waals surface area contributed by atoms with Crippen molar-refractivity contribution in [1.29, 1.82) is 0 Å². The summed E-state index contributed by atoms with van der Waals surface area (Å²) in [6.07, 6.45) is 3.47. The van der Waals surface area contributed by atoms with Gasteiger partial charge in [0.25, 0.3) is 5.92 Å². The highest BCUT2D eigenvalue weighted by atomic mass is 35.5. The van der Waals surface area contributed by atoms with Crippen molar-refractivity contribution in [2.75, 3.05) is 20.8 Å². The number of methoxy groups -OCH3 is 2. The van der Waals surface area contributed by atoms with Crippen LogP contribution in [-0.2, 0) is 32.0 Å². The lowest BCUT2D eigenvalue weighted by Gasteiger charge is -2.31. The van der Waals surface area contributed by atoms with Crippen LogP contribution < -0.4 is 10.6 Å². The maximum atomic E-state index is 14.9. The number of rotatable bonds is 9. The maximum Gasteiger partial charge on any atom is 0.407 e.